The van der Waals surface area contributed by atoms with Crippen molar-refractivity contribution < 1.29 is 27.7 Å². The lowest BCUT2D eigenvalue weighted by Crippen LogP contribution is -2.51. The molecule has 2 aromatic heterocycles. The quantitative estimate of drug-likeness (QED) is 0.529. The Balaban J connectivity index is 1.61. The first-order valence-electron chi connectivity index (χ1n) is 9.20. The number of halogens is 3. The smallest absolute Gasteiger partial charge is 0.352 e. The number of hydrazine groups is 1. The second-order valence-corrected chi connectivity index (χ2v) is 6.87. The molecule has 1 unspecified atom stereocenters. The van der Waals surface area contributed by atoms with Gasteiger partial charge >= 0.3 is 12.2 Å². The SMILES string of the molecule is O=C(NCC(F)(F)F)c1ccc2c(n1)N(C(=O)Nc1cc([N+](=O)[O-])ccn1)N1CCN2C1. The van der Waals surface area contributed by atoms with Crippen LogP contribution in [-0.2, 0) is 0 Å². The first-order valence-corrected chi connectivity index (χ1v) is 9.20. The highest BCUT2D eigenvalue weighted by Gasteiger charge is 2.39. The molecule has 1 fully saturated rings. The van der Waals surface area contributed by atoms with E-state index in [1.807, 2.05) is 4.90 Å². The van der Waals surface area contributed by atoms with Gasteiger partial charge in [-0.15, -0.1) is 0 Å². The van der Waals surface area contributed by atoms with Crippen molar-refractivity contribution in [1.82, 2.24) is 20.3 Å². The molecule has 2 bridgehead atoms. The predicted octanol–water partition coefficient (Wildman–Crippen LogP) is 1.72. The molecule has 15 heteroatoms. The molecule has 0 aromatic carbocycles. The Kier molecular flexibility index (Phi) is 5.25. The van der Waals surface area contributed by atoms with Gasteiger partial charge in [0.05, 0.1) is 23.3 Å². The summed E-state index contributed by atoms with van der Waals surface area (Å²) < 4.78 is 37.2. The number of carbonyl (C=O) groups is 2. The number of hydrogen-bond acceptors (Lipinski definition) is 8. The first-order chi connectivity index (χ1) is 15.1. The summed E-state index contributed by atoms with van der Waals surface area (Å²) in [5.41, 5.74) is -0.0697. The van der Waals surface area contributed by atoms with Gasteiger partial charge in [0.15, 0.2) is 5.82 Å². The van der Waals surface area contributed by atoms with Gasteiger partial charge in [-0.25, -0.2) is 19.8 Å². The van der Waals surface area contributed by atoms with Crippen LogP contribution in [-0.4, -0.2) is 64.3 Å². The summed E-state index contributed by atoms with van der Waals surface area (Å²) in [5.74, 6) is -1.09. The second-order valence-electron chi connectivity index (χ2n) is 6.87. The minimum absolute atomic E-state index is 0.0383. The molecule has 0 radical (unpaired) electrons. The highest BCUT2D eigenvalue weighted by Crippen LogP contribution is 2.36. The lowest BCUT2D eigenvalue weighted by molar-refractivity contribution is -0.384. The van der Waals surface area contributed by atoms with E-state index in [0.717, 1.165) is 23.3 Å². The minimum Gasteiger partial charge on any atom is -0.352 e. The maximum Gasteiger partial charge on any atom is 0.405 e. The van der Waals surface area contributed by atoms with E-state index in [0.29, 0.717) is 25.4 Å². The molecule has 4 rings (SSSR count). The zero-order valence-corrected chi connectivity index (χ0v) is 16.2. The summed E-state index contributed by atoms with van der Waals surface area (Å²) >= 11 is 0. The van der Waals surface area contributed by atoms with Crippen LogP contribution < -0.4 is 20.5 Å². The lowest BCUT2D eigenvalue weighted by Gasteiger charge is -2.37. The van der Waals surface area contributed by atoms with Gasteiger partial charge in [-0.3, -0.25) is 20.2 Å². The van der Waals surface area contributed by atoms with Crippen molar-refractivity contribution in [2.75, 3.05) is 41.5 Å². The molecule has 0 saturated carbocycles. The van der Waals surface area contributed by atoms with Crippen molar-refractivity contribution in [3.63, 3.8) is 0 Å². The number of pyridine rings is 2. The van der Waals surface area contributed by atoms with Crippen molar-refractivity contribution in [1.29, 1.82) is 0 Å². The standard InChI is InChI=1S/C17H15F3N8O4/c18-17(19,20)8-22-15(29)11-1-2-12-14(23-11)27(26-6-5-25(12)9-26)16(30)24-13-7-10(28(31)32)3-4-21-13/h1-4,7H,5-6,8-9H2,(H,22,29)(H,21,24,30). The number of fused-ring (bicyclic) bond motifs is 4. The molecule has 2 aliphatic heterocycles. The number of urea groups is 1. The highest BCUT2D eigenvalue weighted by atomic mass is 19.4. The number of alkyl halides is 3. The molecule has 2 aliphatic rings. The molecule has 2 aromatic rings. The third-order valence-corrected chi connectivity index (χ3v) is 4.70. The Labute approximate surface area is 177 Å². The molecule has 32 heavy (non-hydrogen) atoms. The Morgan fingerprint density at radius 3 is 2.72 bits per heavy atom. The van der Waals surface area contributed by atoms with Gasteiger partial charge in [-0.05, 0) is 12.1 Å². The summed E-state index contributed by atoms with van der Waals surface area (Å²) in [6, 6.07) is 4.27. The van der Waals surface area contributed by atoms with Crippen molar-refractivity contribution >= 4 is 34.9 Å². The topological polar surface area (TPSA) is 137 Å². The maximum atomic E-state index is 13.0. The van der Waals surface area contributed by atoms with Gasteiger partial charge < -0.3 is 10.2 Å². The van der Waals surface area contributed by atoms with Crippen LogP contribution in [0.3, 0.4) is 0 Å². The molecule has 0 spiro atoms. The molecular formula is C17H15F3N8O4. The van der Waals surface area contributed by atoms with Crippen LogP contribution in [0.25, 0.3) is 0 Å². The van der Waals surface area contributed by atoms with Crippen LogP contribution in [0, 0.1) is 10.1 Å². The molecule has 1 atom stereocenters. The van der Waals surface area contributed by atoms with Gasteiger partial charge in [0.25, 0.3) is 11.6 Å². The Morgan fingerprint density at radius 2 is 2.00 bits per heavy atom. The molecule has 12 nitrogen and oxygen atoms in total. The van der Waals surface area contributed by atoms with E-state index < -0.39 is 29.6 Å². The summed E-state index contributed by atoms with van der Waals surface area (Å²) in [6.07, 6.45) is -3.42. The second kappa shape index (κ2) is 7.92. The number of rotatable bonds is 4. The van der Waals surface area contributed by atoms with E-state index in [4.69, 9.17) is 0 Å². The van der Waals surface area contributed by atoms with Crippen molar-refractivity contribution in [2.45, 2.75) is 6.18 Å². The number of nitrogens with zero attached hydrogens (tertiary/aromatic N) is 6. The normalized spacial score (nSPS) is 17.0. The van der Waals surface area contributed by atoms with E-state index >= 15 is 0 Å². The number of aromatic nitrogens is 2. The number of carbonyl (C=O) groups excluding carboxylic acids is 2. The fourth-order valence-electron chi connectivity index (χ4n) is 3.30. The lowest BCUT2D eigenvalue weighted by atomic mass is 10.2. The maximum absolute atomic E-state index is 13.0. The number of nitrogens with one attached hydrogen (secondary N) is 2. The average molecular weight is 452 g/mol. The number of amides is 3. The fourth-order valence-corrected chi connectivity index (χ4v) is 3.30. The zero-order chi connectivity index (χ0) is 23.0. The van der Waals surface area contributed by atoms with E-state index in [9.17, 15) is 32.9 Å². The van der Waals surface area contributed by atoms with Crippen LogP contribution in [0.5, 0.6) is 0 Å². The largest absolute Gasteiger partial charge is 0.405 e. The Hall–Kier alpha value is -4.01. The van der Waals surface area contributed by atoms with Gasteiger partial charge in [-0.2, -0.15) is 18.2 Å². The molecule has 2 N–H and O–H groups in total. The summed E-state index contributed by atoms with van der Waals surface area (Å²) in [5, 5.41) is 17.9. The van der Waals surface area contributed by atoms with Crippen LogP contribution in [0.2, 0.25) is 0 Å². The minimum atomic E-state index is -4.59. The summed E-state index contributed by atoms with van der Waals surface area (Å²) in [4.78, 5) is 45.3. The number of nitro groups is 1. The van der Waals surface area contributed by atoms with Crippen LogP contribution in [0.4, 0.5) is 41.0 Å². The molecule has 3 amide bonds. The first kappa shape index (κ1) is 21.2. The third-order valence-electron chi connectivity index (χ3n) is 4.70. The van der Waals surface area contributed by atoms with E-state index in [1.165, 1.54) is 12.1 Å². The third kappa shape index (κ3) is 4.22. The van der Waals surface area contributed by atoms with Crippen LogP contribution in [0.1, 0.15) is 10.5 Å². The molecule has 4 heterocycles. The summed E-state index contributed by atoms with van der Waals surface area (Å²) in [7, 11) is 0. The number of hydrogen-bond donors (Lipinski definition) is 2. The Bertz CT molecular complexity index is 1100. The highest BCUT2D eigenvalue weighted by molar-refractivity contribution is 6.03. The Morgan fingerprint density at radius 1 is 1.22 bits per heavy atom. The van der Waals surface area contributed by atoms with E-state index in [-0.39, 0.29) is 23.0 Å². The molecular weight excluding hydrogens is 437 g/mol. The van der Waals surface area contributed by atoms with Gasteiger partial charge in [-0.1, -0.05) is 0 Å². The average Bonchev–Trinajstić information content (AvgIpc) is 3.15. The van der Waals surface area contributed by atoms with Crippen LogP contribution in [0.15, 0.2) is 30.5 Å². The van der Waals surface area contributed by atoms with Crippen molar-refractivity contribution in [3.8, 4) is 0 Å². The van der Waals surface area contributed by atoms with E-state index in [1.54, 1.807) is 10.3 Å². The zero-order valence-electron chi connectivity index (χ0n) is 16.2. The van der Waals surface area contributed by atoms with E-state index in [2.05, 4.69) is 15.3 Å². The molecule has 0 aliphatic carbocycles. The van der Waals surface area contributed by atoms with Crippen molar-refractivity contribution in [2.24, 2.45) is 0 Å². The van der Waals surface area contributed by atoms with Gasteiger partial charge in [0.1, 0.15) is 18.1 Å². The van der Waals surface area contributed by atoms with Gasteiger partial charge in [0.2, 0.25) is 0 Å². The molecule has 1 saturated heterocycles. The monoisotopic (exact) mass is 452 g/mol. The number of anilines is 3. The van der Waals surface area contributed by atoms with Crippen molar-refractivity contribution in [3.05, 3.63) is 46.3 Å². The predicted molar refractivity (Wildman–Crippen MR) is 104 cm³/mol. The summed E-state index contributed by atoms with van der Waals surface area (Å²) in [6.45, 7) is -0.204. The fraction of sp³-hybridized carbons (Fsp3) is 0.294. The van der Waals surface area contributed by atoms with Crippen LogP contribution >= 0.6 is 0 Å². The van der Waals surface area contributed by atoms with Gasteiger partial charge in [0, 0.05) is 25.4 Å². The molecule has 168 valence electrons.